The molecule has 0 fully saturated rings. The zero-order valence-electron chi connectivity index (χ0n) is 11.5. The molecular formula is C14H21NO3. The number of carbonyl (C=O) groups is 1. The predicted molar refractivity (Wildman–Crippen MR) is 70.6 cm³/mol. The van der Waals surface area contributed by atoms with Crippen LogP contribution in [-0.2, 0) is 11.3 Å². The van der Waals surface area contributed by atoms with Gasteiger partial charge in [0.15, 0.2) is 0 Å². The minimum Gasteiger partial charge on any atom is -0.496 e. The van der Waals surface area contributed by atoms with Crippen LogP contribution in [0.1, 0.15) is 23.1 Å². The highest BCUT2D eigenvalue weighted by atomic mass is 16.5. The van der Waals surface area contributed by atoms with Crippen LogP contribution in [0.2, 0.25) is 0 Å². The van der Waals surface area contributed by atoms with Gasteiger partial charge < -0.3 is 14.7 Å². The van der Waals surface area contributed by atoms with E-state index in [1.165, 1.54) is 0 Å². The summed E-state index contributed by atoms with van der Waals surface area (Å²) in [6, 6.07) is 4.04. The summed E-state index contributed by atoms with van der Waals surface area (Å²) in [4.78, 5) is 13.3. The second-order valence-electron chi connectivity index (χ2n) is 4.49. The van der Waals surface area contributed by atoms with Crippen molar-refractivity contribution < 1.29 is 14.6 Å². The molecule has 0 atom stereocenters. The third kappa shape index (κ3) is 3.47. The van der Waals surface area contributed by atoms with Crippen LogP contribution in [0.15, 0.2) is 12.1 Å². The molecule has 4 nitrogen and oxygen atoms in total. The Morgan fingerprint density at radius 1 is 1.39 bits per heavy atom. The van der Waals surface area contributed by atoms with Crippen LogP contribution in [0.25, 0.3) is 0 Å². The van der Waals surface area contributed by atoms with E-state index in [-0.39, 0.29) is 18.9 Å². The van der Waals surface area contributed by atoms with Crippen molar-refractivity contribution in [1.82, 2.24) is 4.90 Å². The molecule has 0 heterocycles. The van der Waals surface area contributed by atoms with E-state index in [9.17, 15) is 4.79 Å². The molecule has 1 aromatic carbocycles. The molecule has 100 valence electrons. The largest absolute Gasteiger partial charge is 0.496 e. The van der Waals surface area contributed by atoms with Crippen molar-refractivity contribution in [2.75, 3.05) is 20.8 Å². The molecule has 1 aromatic rings. The zero-order valence-corrected chi connectivity index (χ0v) is 11.5. The molecule has 1 amide bonds. The van der Waals surface area contributed by atoms with Gasteiger partial charge in [-0.15, -0.1) is 0 Å². The van der Waals surface area contributed by atoms with E-state index < -0.39 is 0 Å². The minimum absolute atomic E-state index is 0.0699. The number of aliphatic hydroxyl groups is 1. The Labute approximate surface area is 108 Å². The summed E-state index contributed by atoms with van der Waals surface area (Å²) >= 11 is 0. The number of nitrogens with zero attached hydrogens (tertiary/aromatic N) is 1. The first kappa shape index (κ1) is 14.5. The maximum absolute atomic E-state index is 11.7. The van der Waals surface area contributed by atoms with Gasteiger partial charge in [0.05, 0.1) is 13.7 Å². The van der Waals surface area contributed by atoms with Crippen LogP contribution in [0.4, 0.5) is 0 Å². The van der Waals surface area contributed by atoms with Crippen molar-refractivity contribution in [3.05, 3.63) is 28.8 Å². The van der Waals surface area contributed by atoms with Crippen LogP contribution >= 0.6 is 0 Å². The summed E-state index contributed by atoms with van der Waals surface area (Å²) in [7, 11) is 3.37. The fraction of sp³-hybridized carbons (Fsp3) is 0.500. The van der Waals surface area contributed by atoms with Gasteiger partial charge >= 0.3 is 0 Å². The van der Waals surface area contributed by atoms with Crippen molar-refractivity contribution in [2.24, 2.45) is 0 Å². The summed E-state index contributed by atoms with van der Waals surface area (Å²) in [5.41, 5.74) is 3.25. The Morgan fingerprint density at radius 2 is 2.06 bits per heavy atom. The van der Waals surface area contributed by atoms with Gasteiger partial charge in [-0.3, -0.25) is 4.79 Å². The van der Waals surface area contributed by atoms with Crippen LogP contribution in [-0.4, -0.2) is 36.7 Å². The number of aliphatic hydroxyl groups excluding tert-OH is 1. The molecule has 18 heavy (non-hydrogen) atoms. The van der Waals surface area contributed by atoms with E-state index in [2.05, 4.69) is 6.07 Å². The van der Waals surface area contributed by atoms with E-state index in [4.69, 9.17) is 9.84 Å². The molecule has 0 spiro atoms. The zero-order chi connectivity index (χ0) is 13.7. The third-order valence-corrected chi connectivity index (χ3v) is 2.94. The molecule has 4 heteroatoms. The molecule has 0 unspecified atom stereocenters. The van der Waals surface area contributed by atoms with Gasteiger partial charge in [-0.1, -0.05) is 6.07 Å². The van der Waals surface area contributed by atoms with Gasteiger partial charge in [-0.2, -0.15) is 0 Å². The molecule has 0 saturated heterocycles. The lowest BCUT2D eigenvalue weighted by atomic mass is 10.0. The normalized spacial score (nSPS) is 10.3. The Kier molecular flexibility index (Phi) is 5.16. The van der Waals surface area contributed by atoms with Crippen LogP contribution in [0, 0.1) is 13.8 Å². The SMILES string of the molecule is COc1cc(C)cc(C)c1CN(C)C(=O)CCO. The molecule has 0 aromatic heterocycles. The highest BCUT2D eigenvalue weighted by Gasteiger charge is 2.13. The lowest BCUT2D eigenvalue weighted by Crippen LogP contribution is -2.27. The van der Waals surface area contributed by atoms with E-state index >= 15 is 0 Å². The molecule has 0 aliphatic carbocycles. The predicted octanol–water partition coefficient (Wildman–Crippen LogP) is 1.65. The first-order valence-electron chi connectivity index (χ1n) is 5.98. The fourth-order valence-corrected chi connectivity index (χ4v) is 1.96. The quantitative estimate of drug-likeness (QED) is 0.865. The van der Waals surface area contributed by atoms with Crippen molar-refractivity contribution in [2.45, 2.75) is 26.8 Å². The number of ether oxygens (including phenoxy) is 1. The Hall–Kier alpha value is -1.55. The number of methoxy groups -OCH3 is 1. The van der Waals surface area contributed by atoms with Crippen molar-refractivity contribution >= 4 is 5.91 Å². The number of hydrogen-bond donors (Lipinski definition) is 1. The highest BCUT2D eigenvalue weighted by molar-refractivity contribution is 5.76. The topological polar surface area (TPSA) is 49.8 Å². The van der Waals surface area contributed by atoms with Gasteiger partial charge in [0.1, 0.15) is 5.75 Å². The molecule has 0 aliphatic rings. The standard InChI is InChI=1S/C14H21NO3/c1-10-7-11(2)12(13(8-10)18-4)9-15(3)14(17)5-6-16/h7-8,16H,5-6,9H2,1-4H3. The lowest BCUT2D eigenvalue weighted by molar-refractivity contribution is -0.131. The molecular weight excluding hydrogens is 230 g/mol. The average Bonchev–Trinajstić information content (AvgIpc) is 2.32. The maximum Gasteiger partial charge on any atom is 0.224 e. The number of benzene rings is 1. The number of rotatable bonds is 5. The highest BCUT2D eigenvalue weighted by Crippen LogP contribution is 2.25. The monoisotopic (exact) mass is 251 g/mol. The lowest BCUT2D eigenvalue weighted by Gasteiger charge is -2.20. The number of hydrogen-bond acceptors (Lipinski definition) is 3. The Balaban J connectivity index is 2.93. The van der Waals surface area contributed by atoms with Crippen molar-refractivity contribution in [3.63, 3.8) is 0 Å². The van der Waals surface area contributed by atoms with Crippen LogP contribution < -0.4 is 4.74 Å². The average molecular weight is 251 g/mol. The summed E-state index contributed by atoms with van der Waals surface area (Å²) in [6.07, 6.45) is 0.156. The van der Waals surface area contributed by atoms with Crippen molar-refractivity contribution in [1.29, 1.82) is 0 Å². The summed E-state index contributed by atoms with van der Waals surface area (Å²) < 4.78 is 5.36. The van der Waals surface area contributed by atoms with Gasteiger partial charge in [-0.05, 0) is 31.0 Å². The van der Waals surface area contributed by atoms with E-state index in [1.807, 2.05) is 19.9 Å². The Bertz CT molecular complexity index is 429. The summed E-state index contributed by atoms with van der Waals surface area (Å²) in [5.74, 6) is 0.732. The fourth-order valence-electron chi connectivity index (χ4n) is 1.96. The minimum atomic E-state index is -0.118. The molecule has 0 aliphatic heterocycles. The van der Waals surface area contributed by atoms with E-state index in [1.54, 1.807) is 19.1 Å². The third-order valence-electron chi connectivity index (χ3n) is 2.94. The van der Waals surface area contributed by atoms with Crippen molar-refractivity contribution in [3.8, 4) is 5.75 Å². The van der Waals surface area contributed by atoms with Crippen LogP contribution in [0.3, 0.4) is 0 Å². The first-order valence-corrected chi connectivity index (χ1v) is 5.98. The smallest absolute Gasteiger partial charge is 0.224 e. The molecule has 1 rings (SSSR count). The van der Waals surface area contributed by atoms with E-state index in [0.717, 1.165) is 22.4 Å². The first-order chi connectivity index (χ1) is 8.49. The van der Waals surface area contributed by atoms with Gasteiger partial charge in [0.2, 0.25) is 5.91 Å². The number of carbonyl (C=O) groups excluding carboxylic acids is 1. The van der Waals surface area contributed by atoms with E-state index in [0.29, 0.717) is 6.54 Å². The second kappa shape index (κ2) is 6.40. The Morgan fingerprint density at radius 3 is 2.61 bits per heavy atom. The van der Waals surface area contributed by atoms with Crippen LogP contribution in [0.5, 0.6) is 5.75 Å². The van der Waals surface area contributed by atoms with Gasteiger partial charge in [-0.25, -0.2) is 0 Å². The molecule has 0 bridgehead atoms. The summed E-state index contributed by atoms with van der Waals surface area (Å²) in [5, 5.41) is 8.77. The van der Waals surface area contributed by atoms with Gasteiger partial charge in [0.25, 0.3) is 0 Å². The second-order valence-corrected chi connectivity index (χ2v) is 4.49. The molecule has 0 radical (unpaired) electrons. The summed E-state index contributed by atoms with van der Waals surface area (Å²) in [6.45, 7) is 4.40. The molecule has 1 N–H and O–H groups in total. The maximum atomic E-state index is 11.7. The molecule has 0 saturated carbocycles. The number of aryl methyl sites for hydroxylation is 2. The van der Waals surface area contributed by atoms with Gasteiger partial charge in [0, 0.05) is 25.6 Å². The number of amides is 1.